The van der Waals surface area contributed by atoms with E-state index in [4.69, 9.17) is 10.00 Å². The van der Waals surface area contributed by atoms with Gasteiger partial charge in [-0.1, -0.05) is 20.8 Å². The van der Waals surface area contributed by atoms with Gasteiger partial charge in [0.25, 0.3) is 0 Å². The quantitative estimate of drug-likeness (QED) is 0.732. The lowest BCUT2D eigenvalue weighted by Crippen LogP contribution is -2.51. The number of nitrogens with one attached hydrogen (secondary N) is 1. The fraction of sp³-hybridized carbons (Fsp3) is 0.692. The molecule has 0 radical (unpaired) electrons. The molecule has 0 aliphatic rings. The van der Waals surface area contributed by atoms with E-state index >= 15 is 0 Å². The van der Waals surface area contributed by atoms with Gasteiger partial charge in [-0.2, -0.15) is 5.26 Å². The second-order valence-corrected chi connectivity index (χ2v) is 5.08. The van der Waals surface area contributed by atoms with E-state index in [0.717, 1.165) is 7.11 Å². The molecule has 2 unspecified atom stereocenters. The van der Waals surface area contributed by atoms with Crippen molar-refractivity contribution in [3.63, 3.8) is 0 Å². The summed E-state index contributed by atoms with van der Waals surface area (Å²) >= 11 is 0. The topological polar surface area (TPSA) is 105 Å². The molecule has 112 valence electrons. The van der Waals surface area contributed by atoms with Crippen LogP contribution in [0.4, 0.5) is 0 Å². The van der Waals surface area contributed by atoms with Crippen LogP contribution in [0.2, 0.25) is 0 Å². The Morgan fingerprint density at radius 3 is 2.15 bits per heavy atom. The minimum absolute atomic E-state index is 0.0676. The third kappa shape index (κ3) is 4.88. The number of amides is 1. The van der Waals surface area contributed by atoms with Gasteiger partial charge >= 0.3 is 11.9 Å². The summed E-state index contributed by atoms with van der Waals surface area (Å²) in [5.74, 6) is -3.67. The van der Waals surface area contributed by atoms with Crippen molar-refractivity contribution in [2.75, 3.05) is 13.7 Å². The van der Waals surface area contributed by atoms with Gasteiger partial charge in [-0.05, 0) is 6.92 Å². The second kappa shape index (κ2) is 7.48. The van der Waals surface area contributed by atoms with Crippen molar-refractivity contribution in [1.29, 1.82) is 5.26 Å². The monoisotopic (exact) mass is 284 g/mol. The van der Waals surface area contributed by atoms with E-state index in [9.17, 15) is 14.4 Å². The first-order chi connectivity index (χ1) is 9.18. The number of nitriles is 1. The molecule has 0 rings (SSSR count). The summed E-state index contributed by atoms with van der Waals surface area (Å²) < 4.78 is 9.24. The highest BCUT2D eigenvalue weighted by Crippen LogP contribution is 2.15. The molecule has 0 heterocycles. The van der Waals surface area contributed by atoms with Crippen molar-refractivity contribution in [2.45, 2.75) is 33.7 Å². The third-order valence-corrected chi connectivity index (χ3v) is 2.44. The summed E-state index contributed by atoms with van der Waals surface area (Å²) in [5.41, 5.74) is -0.777. The van der Waals surface area contributed by atoms with Crippen LogP contribution in [0, 0.1) is 22.7 Å². The van der Waals surface area contributed by atoms with Crippen LogP contribution in [0.1, 0.15) is 27.7 Å². The van der Waals surface area contributed by atoms with Crippen molar-refractivity contribution in [1.82, 2.24) is 5.32 Å². The van der Waals surface area contributed by atoms with Crippen LogP contribution in [0.25, 0.3) is 0 Å². The fourth-order valence-corrected chi connectivity index (χ4v) is 1.26. The highest BCUT2D eigenvalue weighted by molar-refractivity contribution is 5.92. The van der Waals surface area contributed by atoms with Gasteiger partial charge in [0.1, 0.15) is 0 Å². The number of ether oxygens (including phenoxy) is 2. The molecule has 0 spiro atoms. The van der Waals surface area contributed by atoms with E-state index in [1.54, 1.807) is 33.8 Å². The average Bonchev–Trinajstić information content (AvgIpc) is 2.36. The highest BCUT2D eigenvalue weighted by Gasteiger charge is 2.39. The van der Waals surface area contributed by atoms with Crippen LogP contribution in [0.5, 0.6) is 0 Å². The number of methoxy groups -OCH3 is 1. The smallest absolute Gasteiger partial charge is 0.330 e. The van der Waals surface area contributed by atoms with Crippen LogP contribution in [-0.4, -0.2) is 37.6 Å². The van der Waals surface area contributed by atoms with Crippen LogP contribution in [0.15, 0.2) is 0 Å². The first-order valence-corrected chi connectivity index (χ1v) is 6.14. The molecule has 20 heavy (non-hydrogen) atoms. The van der Waals surface area contributed by atoms with Gasteiger partial charge in [0.15, 0.2) is 12.0 Å². The molecule has 0 aliphatic heterocycles. The van der Waals surface area contributed by atoms with Gasteiger partial charge < -0.3 is 14.8 Å². The molecule has 0 fully saturated rings. The van der Waals surface area contributed by atoms with Crippen molar-refractivity contribution >= 4 is 17.8 Å². The van der Waals surface area contributed by atoms with E-state index in [1.807, 2.05) is 0 Å². The summed E-state index contributed by atoms with van der Waals surface area (Å²) in [6.45, 7) is 6.57. The number of rotatable bonds is 5. The Bertz CT molecular complexity index is 419. The molecule has 0 aliphatic carbocycles. The predicted octanol–water partition coefficient (Wildman–Crippen LogP) is 0.393. The molecule has 1 amide bonds. The summed E-state index contributed by atoms with van der Waals surface area (Å²) in [5, 5.41) is 11.4. The van der Waals surface area contributed by atoms with Gasteiger partial charge in [-0.25, -0.2) is 4.79 Å². The molecule has 1 N–H and O–H groups in total. The van der Waals surface area contributed by atoms with E-state index in [1.165, 1.54) is 0 Å². The van der Waals surface area contributed by atoms with Gasteiger partial charge in [0.05, 0.1) is 19.8 Å². The molecular formula is C13H20N2O5. The Morgan fingerprint density at radius 2 is 1.80 bits per heavy atom. The normalized spacial score (nSPS) is 13.6. The average molecular weight is 284 g/mol. The summed E-state index contributed by atoms with van der Waals surface area (Å²) in [6.07, 6.45) is 0. The molecule has 0 bridgehead atoms. The minimum Gasteiger partial charge on any atom is -0.467 e. The SMILES string of the molecule is CCOC(=O)C(C#N)C(NC(=O)C(C)(C)C)C(=O)OC. The van der Waals surface area contributed by atoms with Crippen molar-refractivity contribution in [2.24, 2.45) is 11.3 Å². The number of hydrogen-bond donors (Lipinski definition) is 1. The molecule has 7 nitrogen and oxygen atoms in total. The van der Waals surface area contributed by atoms with Crippen LogP contribution in [0.3, 0.4) is 0 Å². The number of carbonyl (C=O) groups excluding carboxylic acids is 3. The maximum absolute atomic E-state index is 11.9. The predicted molar refractivity (Wildman–Crippen MR) is 69.1 cm³/mol. The molecule has 0 aromatic carbocycles. The van der Waals surface area contributed by atoms with E-state index in [-0.39, 0.29) is 6.61 Å². The fourth-order valence-electron chi connectivity index (χ4n) is 1.26. The Morgan fingerprint density at radius 1 is 1.25 bits per heavy atom. The lowest BCUT2D eigenvalue weighted by atomic mass is 9.93. The Kier molecular flexibility index (Phi) is 6.69. The zero-order valence-electron chi connectivity index (χ0n) is 12.4. The molecule has 0 saturated heterocycles. The molecular weight excluding hydrogens is 264 g/mol. The van der Waals surface area contributed by atoms with Gasteiger partial charge in [0, 0.05) is 5.41 Å². The van der Waals surface area contributed by atoms with E-state index in [2.05, 4.69) is 10.1 Å². The van der Waals surface area contributed by atoms with Crippen LogP contribution >= 0.6 is 0 Å². The number of carbonyl (C=O) groups is 3. The van der Waals surface area contributed by atoms with Crippen LogP contribution in [-0.2, 0) is 23.9 Å². The summed E-state index contributed by atoms with van der Waals surface area (Å²) in [6, 6.07) is 0.276. The molecule has 0 aromatic heterocycles. The summed E-state index contributed by atoms with van der Waals surface area (Å²) in [7, 11) is 1.11. The molecule has 0 saturated carbocycles. The first-order valence-electron chi connectivity index (χ1n) is 6.14. The Labute approximate surface area is 118 Å². The van der Waals surface area contributed by atoms with Crippen LogP contribution < -0.4 is 5.32 Å². The van der Waals surface area contributed by atoms with E-state index in [0.29, 0.717) is 0 Å². The lowest BCUT2D eigenvalue weighted by molar-refractivity contribution is -0.155. The number of esters is 2. The second-order valence-electron chi connectivity index (χ2n) is 5.08. The standard InChI is InChI=1S/C13H20N2O5/c1-6-20-10(16)8(7-14)9(11(17)19-5)15-12(18)13(2,3)4/h8-9H,6H2,1-5H3,(H,15,18). The summed E-state index contributed by atoms with van der Waals surface area (Å²) in [4.78, 5) is 35.3. The number of nitrogens with zero attached hydrogens (tertiary/aromatic N) is 1. The zero-order chi connectivity index (χ0) is 15.9. The van der Waals surface area contributed by atoms with Crippen molar-refractivity contribution < 1.29 is 23.9 Å². The van der Waals surface area contributed by atoms with Crippen molar-refractivity contribution in [3.05, 3.63) is 0 Å². The van der Waals surface area contributed by atoms with Gasteiger partial charge in [0.2, 0.25) is 5.91 Å². The molecule has 2 atom stereocenters. The zero-order valence-corrected chi connectivity index (χ0v) is 12.4. The maximum atomic E-state index is 11.9. The van der Waals surface area contributed by atoms with Gasteiger partial charge in [-0.15, -0.1) is 0 Å². The third-order valence-electron chi connectivity index (χ3n) is 2.44. The largest absolute Gasteiger partial charge is 0.467 e. The molecule has 0 aromatic rings. The van der Waals surface area contributed by atoms with Crippen molar-refractivity contribution in [3.8, 4) is 6.07 Å². The minimum atomic E-state index is -1.45. The Hall–Kier alpha value is -2.10. The highest BCUT2D eigenvalue weighted by atomic mass is 16.5. The van der Waals surface area contributed by atoms with Gasteiger partial charge in [-0.3, -0.25) is 9.59 Å². The first kappa shape index (κ1) is 17.9. The van der Waals surface area contributed by atoms with E-state index < -0.39 is 35.2 Å². The molecule has 7 heteroatoms. The maximum Gasteiger partial charge on any atom is 0.330 e. The lowest BCUT2D eigenvalue weighted by Gasteiger charge is -2.24. The number of hydrogen-bond acceptors (Lipinski definition) is 6. The Balaban J connectivity index is 5.25.